The molecule has 0 spiro atoms. The normalized spacial score (nSPS) is 12.0. The third-order valence-corrected chi connectivity index (χ3v) is 6.61. The zero-order chi connectivity index (χ0) is 22.7. The SMILES string of the molecule is Cc1ccccc1-n1c(SCC(=O)N(C)C(C)c2ccccc2)nc2ccccc2c1=O. The number of hydrogen-bond donors (Lipinski definition) is 0. The quantitative estimate of drug-likeness (QED) is 0.311. The van der Waals surface area contributed by atoms with E-state index in [1.165, 1.54) is 11.8 Å². The van der Waals surface area contributed by atoms with Gasteiger partial charge in [0.15, 0.2) is 5.16 Å². The van der Waals surface area contributed by atoms with E-state index in [1.54, 1.807) is 15.5 Å². The summed E-state index contributed by atoms with van der Waals surface area (Å²) in [6.45, 7) is 3.97. The predicted molar refractivity (Wildman–Crippen MR) is 130 cm³/mol. The minimum atomic E-state index is -0.133. The second-order valence-corrected chi connectivity index (χ2v) is 8.66. The first-order chi connectivity index (χ1) is 15.5. The van der Waals surface area contributed by atoms with Crippen molar-refractivity contribution in [2.75, 3.05) is 12.8 Å². The summed E-state index contributed by atoms with van der Waals surface area (Å²) in [6, 6.07) is 24.9. The molecule has 4 rings (SSSR count). The molecule has 1 amide bonds. The standard InChI is InChI=1S/C26H25N3O2S/c1-18-11-7-10-16-23(18)29-25(31)21-14-8-9-15-22(21)27-26(29)32-17-24(30)28(3)19(2)20-12-5-4-6-13-20/h4-16,19H,17H2,1-3H3. The van der Waals surface area contributed by atoms with Crippen LogP contribution in [0.25, 0.3) is 16.6 Å². The number of fused-ring (bicyclic) bond motifs is 1. The van der Waals surface area contributed by atoms with E-state index in [0.717, 1.165) is 16.8 Å². The monoisotopic (exact) mass is 443 g/mol. The van der Waals surface area contributed by atoms with E-state index in [0.29, 0.717) is 16.1 Å². The molecule has 32 heavy (non-hydrogen) atoms. The Kier molecular flexibility index (Phi) is 6.42. The number of aromatic nitrogens is 2. The number of carbonyl (C=O) groups is 1. The van der Waals surface area contributed by atoms with Crippen LogP contribution in [-0.2, 0) is 4.79 Å². The molecule has 1 atom stereocenters. The van der Waals surface area contributed by atoms with Crippen LogP contribution in [0.1, 0.15) is 24.1 Å². The van der Waals surface area contributed by atoms with Crippen molar-refractivity contribution >= 4 is 28.6 Å². The molecule has 0 radical (unpaired) electrons. The number of para-hydroxylation sites is 2. The van der Waals surface area contributed by atoms with Crippen molar-refractivity contribution in [2.45, 2.75) is 25.0 Å². The fraction of sp³-hybridized carbons (Fsp3) is 0.192. The van der Waals surface area contributed by atoms with Crippen molar-refractivity contribution < 1.29 is 4.79 Å². The summed E-state index contributed by atoms with van der Waals surface area (Å²) >= 11 is 1.29. The Bertz CT molecular complexity index is 1320. The van der Waals surface area contributed by atoms with Gasteiger partial charge in [0.05, 0.1) is 28.4 Å². The maximum absolute atomic E-state index is 13.4. The highest BCUT2D eigenvalue weighted by molar-refractivity contribution is 7.99. The van der Waals surface area contributed by atoms with Crippen molar-refractivity contribution in [3.05, 3.63) is 100 Å². The lowest BCUT2D eigenvalue weighted by molar-refractivity contribution is -0.128. The molecule has 0 aliphatic heterocycles. The maximum atomic E-state index is 13.4. The van der Waals surface area contributed by atoms with Gasteiger partial charge in [0.2, 0.25) is 5.91 Å². The number of benzene rings is 3. The highest BCUT2D eigenvalue weighted by Crippen LogP contribution is 2.25. The molecule has 162 valence electrons. The zero-order valence-electron chi connectivity index (χ0n) is 18.4. The summed E-state index contributed by atoms with van der Waals surface area (Å²) in [4.78, 5) is 32.9. The Morgan fingerprint density at radius 3 is 2.41 bits per heavy atom. The minimum Gasteiger partial charge on any atom is -0.338 e. The van der Waals surface area contributed by atoms with Gasteiger partial charge in [0.25, 0.3) is 5.56 Å². The molecule has 0 saturated heterocycles. The third kappa shape index (κ3) is 4.32. The van der Waals surface area contributed by atoms with Crippen LogP contribution in [0.5, 0.6) is 0 Å². The number of nitrogens with zero attached hydrogens (tertiary/aromatic N) is 3. The molecule has 1 heterocycles. The van der Waals surface area contributed by atoms with Gasteiger partial charge in [-0.3, -0.25) is 14.2 Å². The molecular formula is C26H25N3O2S. The number of rotatable bonds is 6. The molecule has 1 aromatic heterocycles. The molecule has 1 unspecified atom stereocenters. The summed E-state index contributed by atoms with van der Waals surface area (Å²) in [5.74, 6) is 0.162. The van der Waals surface area contributed by atoms with Gasteiger partial charge in [0, 0.05) is 7.05 Å². The Morgan fingerprint density at radius 1 is 1.00 bits per heavy atom. The third-order valence-electron chi connectivity index (χ3n) is 5.68. The molecule has 0 aliphatic rings. The van der Waals surface area contributed by atoms with Crippen LogP contribution in [-0.4, -0.2) is 33.2 Å². The van der Waals surface area contributed by atoms with Crippen LogP contribution >= 0.6 is 11.8 Å². The number of carbonyl (C=O) groups excluding carboxylic acids is 1. The number of amides is 1. The van der Waals surface area contributed by atoms with Crippen molar-refractivity contribution in [1.82, 2.24) is 14.5 Å². The summed E-state index contributed by atoms with van der Waals surface area (Å²) in [5, 5.41) is 1.07. The fourth-order valence-electron chi connectivity index (χ4n) is 3.64. The number of thioether (sulfide) groups is 1. The van der Waals surface area contributed by atoms with Crippen LogP contribution < -0.4 is 5.56 Å². The largest absolute Gasteiger partial charge is 0.338 e. The van der Waals surface area contributed by atoms with E-state index < -0.39 is 0 Å². The lowest BCUT2D eigenvalue weighted by Gasteiger charge is -2.25. The van der Waals surface area contributed by atoms with Crippen LogP contribution in [0.2, 0.25) is 0 Å². The molecule has 4 aromatic rings. The van der Waals surface area contributed by atoms with Gasteiger partial charge in [-0.25, -0.2) is 4.98 Å². The molecule has 0 bridgehead atoms. The zero-order valence-corrected chi connectivity index (χ0v) is 19.2. The van der Waals surface area contributed by atoms with Crippen molar-refractivity contribution in [1.29, 1.82) is 0 Å². The molecule has 5 nitrogen and oxygen atoms in total. The lowest BCUT2D eigenvalue weighted by Crippen LogP contribution is -2.31. The maximum Gasteiger partial charge on any atom is 0.266 e. The van der Waals surface area contributed by atoms with Gasteiger partial charge < -0.3 is 4.90 Å². The van der Waals surface area contributed by atoms with Crippen LogP contribution in [0.15, 0.2) is 88.8 Å². The van der Waals surface area contributed by atoms with E-state index in [2.05, 4.69) is 0 Å². The Labute approximate surface area is 191 Å². The molecule has 0 aliphatic carbocycles. The summed E-state index contributed by atoms with van der Waals surface area (Å²) in [5.41, 5.74) is 3.31. The second kappa shape index (κ2) is 9.40. The Morgan fingerprint density at radius 2 is 1.66 bits per heavy atom. The van der Waals surface area contributed by atoms with Gasteiger partial charge >= 0.3 is 0 Å². The molecule has 0 fully saturated rings. The molecule has 0 saturated carbocycles. The summed E-state index contributed by atoms with van der Waals surface area (Å²) < 4.78 is 1.62. The van der Waals surface area contributed by atoms with Crippen LogP contribution in [0, 0.1) is 6.92 Å². The van der Waals surface area contributed by atoms with E-state index >= 15 is 0 Å². The lowest BCUT2D eigenvalue weighted by atomic mass is 10.1. The summed E-state index contributed by atoms with van der Waals surface area (Å²) in [6.07, 6.45) is 0. The van der Waals surface area contributed by atoms with Gasteiger partial charge in [0.1, 0.15) is 0 Å². The first-order valence-corrected chi connectivity index (χ1v) is 11.5. The highest BCUT2D eigenvalue weighted by atomic mass is 32.2. The van der Waals surface area contributed by atoms with Crippen molar-refractivity contribution in [3.8, 4) is 5.69 Å². The van der Waals surface area contributed by atoms with E-state index in [9.17, 15) is 9.59 Å². The van der Waals surface area contributed by atoms with E-state index in [1.807, 2.05) is 93.7 Å². The van der Waals surface area contributed by atoms with Gasteiger partial charge in [-0.05, 0) is 43.2 Å². The predicted octanol–water partition coefficient (Wildman–Crippen LogP) is 5.01. The van der Waals surface area contributed by atoms with Crippen LogP contribution in [0.3, 0.4) is 0 Å². The average molecular weight is 444 g/mol. The molecule has 3 aromatic carbocycles. The first-order valence-electron chi connectivity index (χ1n) is 10.5. The van der Waals surface area contributed by atoms with Gasteiger partial charge in [-0.2, -0.15) is 0 Å². The Balaban J connectivity index is 1.67. The Hall–Kier alpha value is -3.38. The fourth-order valence-corrected chi connectivity index (χ4v) is 4.56. The first kappa shape index (κ1) is 21.8. The summed E-state index contributed by atoms with van der Waals surface area (Å²) in [7, 11) is 1.81. The van der Waals surface area contributed by atoms with Gasteiger partial charge in [-0.15, -0.1) is 0 Å². The number of aryl methyl sites for hydroxylation is 1. The minimum absolute atomic E-state index is 0.0231. The number of hydrogen-bond acceptors (Lipinski definition) is 4. The topological polar surface area (TPSA) is 55.2 Å². The second-order valence-electron chi connectivity index (χ2n) is 7.72. The van der Waals surface area contributed by atoms with Crippen molar-refractivity contribution in [3.63, 3.8) is 0 Å². The molecule has 6 heteroatoms. The van der Waals surface area contributed by atoms with E-state index in [4.69, 9.17) is 4.98 Å². The van der Waals surface area contributed by atoms with Gasteiger partial charge in [-0.1, -0.05) is 72.4 Å². The highest BCUT2D eigenvalue weighted by Gasteiger charge is 2.20. The average Bonchev–Trinajstić information content (AvgIpc) is 2.83. The van der Waals surface area contributed by atoms with Crippen LogP contribution in [0.4, 0.5) is 0 Å². The smallest absolute Gasteiger partial charge is 0.266 e. The van der Waals surface area contributed by atoms with Crippen molar-refractivity contribution in [2.24, 2.45) is 0 Å². The molecule has 0 N–H and O–H groups in total. The molecular weight excluding hydrogens is 418 g/mol. The van der Waals surface area contributed by atoms with E-state index in [-0.39, 0.29) is 23.3 Å².